The van der Waals surface area contributed by atoms with E-state index in [1.807, 2.05) is 12.1 Å². The molecule has 0 amide bonds. The molecule has 2 aromatic rings. The fourth-order valence-electron chi connectivity index (χ4n) is 1.64. The number of hydrogen-bond acceptors (Lipinski definition) is 3. The van der Waals surface area contributed by atoms with Gasteiger partial charge >= 0.3 is 0 Å². The zero-order chi connectivity index (χ0) is 13.1. The van der Waals surface area contributed by atoms with Crippen molar-refractivity contribution in [2.75, 3.05) is 5.75 Å². The molecule has 18 heavy (non-hydrogen) atoms. The molecule has 5 heteroatoms. The molecule has 1 aromatic heterocycles. The molecule has 0 fully saturated rings. The predicted octanol–water partition coefficient (Wildman–Crippen LogP) is 3.42. The molecule has 0 aliphatic carbocycles. The summed E-state index contributed by atoms with van der Waals surface area (Å²) < 4.78 is 1.69. The van der Waals surface area contributed by atoms with Crippen molar-refractivity contribution in [1.29, 1.82) is 0 Å². The van der Waals surface area contributed by atoms with Crippen LogP contribution in [0.25, 0.3) is 0 Å². The highest BCUT2D eigenvalue weighted by Gasteiger charge is 2.16. The van der Waals surface area contributed by atoms with Crippen LogP contribution in [0.3, 0.4) is 0 Å². The van der Waals surface area contributed by atoms with E-state index in [-0.39, 0.29) is 5.78 Å². The minimum Gasteiger partial charge on any atom is -0.331 e. The molecular weight excluding hydrogens is 268 g/mol. The summed E-state index contributed by atoms with van der Waals surface area (Å²) in [4.78, 5) is 17.4. The first-order chi connectivity index (χ1) is 8.63. The molecule has 0 saturated carbocycles. The van der Waals surface area contributed by atoms with E-state index in [1.54, 1.807) is 41.8 Å². The smallest absolute Gasteiger partial charge is 0.229 e. The van der Waals surface area contributed by atoms with Gasteiger partial charge in [0.05, 0.1) is 5.02 Å². The van der Waals surface area contributed by atoms with Gasteiger partial charge in [0.25, 0.3) is 0 Å². The average molecular weight is 281 g/mol. The van der Waals surface area contributed by atoms with Gasteiger partial charge in [0.2, 0.25) is 5.78 Å². The van der Waals surface area contributed by atoms with E-state index in [4.69, 9.17) is 11.6 Å². The molecule has 0 unspecified atom stereocenters. The molecule has 3 nitrogen and oxygen atoms in total. The minimum atomic E-state index is -0.152. The summed E-state index contributed by atoms with van der Waals surface area (Å²) in [6.07, 6.45) is 3.34. The Bertz CT molecular complexity index is 580. The Hall–Kier alpha value is -1.26. The lowest BCUT2D eigenvalue weighted by Gasteiger charge is -2.05. The highest BCUT2D eigenvalue weighted by molar-refractivity contribution is 7.99. The lowest BCUT2D eigenvalue weighted by atomic mass is 10.1. The number of ketones is 1. The zero-order valence-corrected chi connectivity index (χ0v) is 11.8. The van der Waals surface area contributed by atoms with Crippen molar-refractivity contribution < 1.29 is 4.79 Å². The van der Waals surface area contributed by atoms with E-state index >= 15 is 0 Å². The van der Waals surface area contributed by atoms with Crippen LogP contribution in [0.4, 0.5) is 0 Å². The number of rotatable bonds is 4. The van der Waals surface area contributed by atoms with E-state index in [1.165, 1.54) is 0 Å². The molecule has 0 bridgehead atoms. The first kappa shape index (κ1) is 13.2. The van der Waals surface area contributed by atoms with Crippen molar-refractivity contribution in [3.8, 4) is 0 Å². The van der Waals surface area contributed by atoms with Crippen LogP contribution in [0.1, 0.15) is 23.1 Å². The van der Waals surface area contributed by atoms with Crippen molar-refractivity contribution in [3.05, 3.63) is 47.0 Å². The lowest BCUT2D eigenvalue weighted by molar-refractivity contribution is 0.102. The highest BCUT2D eigenvalue weighted by Crippen LogP contribution is 2.26. The van der Waals surface area contributed by atoms with Crippen molar-refractivity contribution in [2.45, 2.75) is 11.8 Å². The highest BCUT2D eigenvalue weighted by atomic mass is 35.5. The SMILES string of the molecule is CCSc1ccc(C(=O)c2nccn2C)c(Cl)c1. The number of thioether (sulfide) groups is 1. The van der Waals surface area contributed by atoms with Gasteiger partial charge < -0.3 is 4.57 Å². The maximum Gasteiger partial charge on any atom is 0.229 e. The van der Waals surface area contributed by atoms with Crippen molar-refractivity contribution in [2.24, 2.45) is 7.05 Å². The first-order valence-corrected chi connectivity index (χ1v) is 6.94. The van der Waals surface area contributed by atoms with Crippen LogP contribution in [0.15, 0.2) is 35.5 Å². The number of carbonyl (C=O) groups is 1. The summed E-state index contributed by atoms with van der Waals surface area (Å²) in [5.74, 6) is 1.22. The van der Waals surface area contributed by atoms with Crippen molar-refractivity contribution in [3.63, 3.8) is 0 Å². The summed E-state index contributed by atoms with van der Waals surface area (Å²) in [7, 11) is 1.79. The third-order valence-electron chi connectivity index (χ3n) is 2.52. The van der Waals surface area contributed by atoms with E-state index < -0.39 is 0 Å². The van der Waals surface area contributed by atoms with E-state index in [2.05, 4.69) is 11.9 Å². The van der Waals surface area contributed by atoms with E-state index in [9.17, 15) is 4.79 Å². The second-order valence-corrected chi connectivity index (χ2v) is 5.51. The molecule has 1 aromatic carbocycles. The van der Waals surface area contributed by atoms with Crippen LogP contribution in [0.5, 0.6) is 0 Å². The van der Waals surface area contributed by atoms with Crippen LogP contribution in [0, 0.1) is 0 Å². The monoisotopic (exact) mass is 280 g/mol. The summed E-state index contributed by atoms with van der Waals surface area (Å²) >= 11 is 7.85. The Morgan fingerprint density at radius 1 is 1.50 bits per heavy atom. The quantitative estimate of drug-likeness (QED) is 0.636. The standard InChI is InChI=1S/C13H13ClN2OS/c1-3-18-9-4-5-10(11(14)8-9)12(17)13-15-6-7-16(13)2/h4-8H,3H2,1-2H3. The van der Waals surface area contributed by atoms with Gasteiger partial charge in [-0.15, -0.1) is 11.8 Å². The fourth-order valence-corrected chi connectivity index (χ4v) is 2.67. The summed E-state index contributed by atoms with van der Waals surface area (Å²) in [5, 5.41) is 0.474. The van der Waals surface area contributed by atoms with Gasteiger partial charge in [-0.25, -0.2) is 4.98 Å². The lowest BCUT2D eigenvalue weighted by Crippen LogP contribution is -2.09. The second-order valence-electron chi connectivity index (χ2n) is 3.77. The van der Waals surface area contributed by atoms with Crippen molar-refractivity contribution >= 4 is 29.1 Å². The van der Waals surface area contributed by atoms with Crippen LogP contribution in [0.2, 0.25) is 5.02 Å². The summed E-state index contributed by atoms with van der Waals surface area (Å²) in [6.45, 7) is 2.07. The third kappa shape index (κ3) is 2.60. The average Bonchev–Trinajstić information content (AvgIpc) is 2.75. The van der Waals surface area contributed by atoms with Gasteiger partial charge in [-0.3, -0.25) is 4.79 Å². The first-order valence-electron chi connectivity index (χ1n) is 5.58. The number of hydrogen-bond donors (Lipinski definition) is 0. The molecule has 0 aliphatic rings. The molecule has 0 spiro atoms. The molecule has 0 saturated heterocycles. The molecular formula is C13H13ClN2OS. The number of carbonyl (C=O) groups excluding carboxylic acids is 1. The molecule has 0 aliphatic heterocycles. The maximum atomic E-state index is 12.2. The molecule has 0 atom stereocenters. The normalized spacial score (nSPS) is 10.6. The number of halogens is 1. The second kappa shape index (κ2) is 5.59. The van der Waals surface area contributed by atoms with Crippen LogP contribution in [-0.4, -0.2) is 21.1 Å². The number of aromatic nitrogens is 2. The number of nitrogens with zero attached hydrogens (tertiary/aromatic N) is 2. The minimum absolute atomic E-state index is 0.152. The Labute approximate surface area is 115 Å². The number of benzene rings is 1. The van der Waals surface area contributed by atoms with Gasteiger partial charge in [0.15, 0.2) is 5.82 Å². The van der Waals surface area contributed by atoms with Crippen LogP contribution >= 0.6 is 23.4 Å². The van der Waals surface area contributed by atoms with Gasteiger partial charge in [-0.05, 0) is 24.0 Å². The Balaban J connectivity index is 2.34. The number of aryl methyl sites for hydroxylation is 1. The topological polar surface area (TPSA) is 34.9 Å². The van der Waals surface area contributed by atoms with Gasteiger partial charge in [-0.1, -0.05) is 18.5 Å². The van der Waals surface area contributed by atoms with Gasteiger partial charge in [0, 0.05) is 29.9 Å². The van der Waals surface area contributed by atoms with E-state index in [0.717, 1.165) is 10.6 Å². The van der Waals surface area contributed by atoms with Crippen LogP contribution < -0.4 is 0 Å². The molecule has 1 heterocycles. The number of imidazole rings is 1. The fraction of sp³-hybridized carbons (Fsp3) is 0.231. The molecule has 2 rings (SSSR count). The van der Waals surface area contributed by atoms with Crippen molar-refractivity contribution in [1.82, 2.24) is 9.55 Å². The zero-order valence-electron chi connectivity index (χ0n) is 10.2. The summed E-state index contributed by atoms with van der Waals surface area (Å²) in [5.41, 5.74) is 0.492. The van der Waals surface area contributed by atoms with Gasteiger partial charge in [0.1, 0.15) is 0 Å². The largest absolute Gasteiger partial charge is 0.331 e. The predicted molar refractivity (Wildman–Crippen MR) is 74.5 cm³/mol. The van der Waals surface area contributed by atoms with E-state index in [0.29, 0.717) is 16.4 Å². The third-order valence-corrected chi connectivity index (χ3v) is 3.71. The Morgan fingerprint density at radius 3 is 2.83 bits per heavy atom. The van der Waals surface area contributed by atoms with Gasteiger partial charge in [-0.2, -0.15) is 0 Å². The molecule has 0 N–H and O–H groups in total. The Kier molecular flexibility index (Phi) is 4.09. The van der Waals surface area contributed by atoms with Crippen LogP contribution in [-0.2, 0) is 7.05 Å². The molecule has 0 radical (unpaired) electrons. The maximum absolute atomic E-state index is 12.2. The summed E-state index contributed by atoms with van der Waals surface area (Å²) in [6, 6.07) is 5.50. The molecule has 94 valence electrons. The Morgan fingerprint density at radius 2 is 2.28 bits per heavy atom.